The van der Waals surface area contributed by atoms with E-state index < -0.39 is 0 Å². The third kappa shape index (κ3) is 4.40. The molecule has 0 aromatic carbocycles. The van der Waals surface area contributed by atoms with Gasteiger partial charge in [-0.15, -0.1) is 0 Å². The smallest absolute Gasteiger partial charge is 0.152 e. The van der Waals surface area contributed by atoms with Crippen LogP contribution in [-0.2, 0) is 9.47 Å². The van der Waals surface area contributed by atoms with Crippen LogP contribution in [0, 0.1) is 0 Å². The van der Waals surface area contributed by atoms with Crippen molar-refractivity contribution in [2.24, 2.45) is 0 Å². The number of hydrogen-bond acceptors (Lipinski definition) is 5. The van der Waals surface area contributed by atoms with Crippen molar-refractivity contribution in [1.29, 1.82) is 0 Å². The summed E-state index contributed by atoms with van der Waals surface area (Å²) in [5, 5.41) is 3.30. The molecule has 5 heteroatoms. The van der Waals surface area contributed by atoms with Crippen molar-refractivity contribution < 1.29 is 9.47 Å². The van der Waals surface area contributed by atoms with Crippen molar-refractivity contribution in [2.45, 2.75) is 51.6 Å². The molecule has 1 N–H and O–H groups in total. The molecule has 1 aliphatic heterocycles. The van der Waals surface area contributed by atoms with E-state index in [-0.39, 0.29) is 23.9 Å². The van der Waals surface area contributed by atoms with Gasteiger partial charge >= 0.3 is 0 Å². The largest absolute Gasteiger partial charge is 0.360 e. The van der Waals surface area contributed by atoms with Gasteiger partial charge in [0.25, 0.3) is 0 Å². The minimum absolute atomic E-state index is 0.0173. The maximum Gasteiger partial charge on any atom is 0.152 e. The summed E-state index contributed by atoms with van der Waals surface area (Å²) in [6, 6.07) is 0. The Kier molecular flexibility index (Phi) is 5.62. The highest BCUT2D eigenvalue weighted by atomic mass is 33.1. The van der Waals surface area contributed by atoms with Crippen LogP contribution in [0.15, 0.2) is 0 Å². The third-order valence-electron chi connectivity index (χ3n) is 1.58. The standard InChI is InChI=1S/C9H19NO2S2/c1-6(2)11-8-9(12-7(3)4)14-13-5-10-8/h6-10H,5H2,1-4H3. The number of hydrogen-bond donors (Lipinski definition) is 1. The minimum Gasteiger partial charge on any atom is -0.360 e. The summed E-state index contributed by atoms with van der Waals surface area (Å²) in [6.45, 7) is 8.18. The van der Waals surface area contributed by atoms with Gasteiger partial charge in [-0.2, -0.15) is 0 Å². The van der Waals surface area contributed by atoms with Gasteiger partial charge in [-0.25, -0.2) is 0 Å². The lowest BCUT2D eigenvalue weighted by molar-refractivity contribution is -0.0859. The predicted molar refractivity (Wildman–Crippen MR) is 63.2 cm³/mol. The van der Waals surface area contributed by atoms with Gasteiger partial charge in [-0.05, 0) is 27.7 Å². The van der Waals surface area contributed by atoms with Crippen LogP contribution in [0.3, 0.4) is 0 Å². The molecule has 0 radical (unpaired) electrons. The van der Waals surface area contributed by atoms with Gasteiger partial charge in [0.05, 0.1) is 18.1 Å². The predicted octanol–water partition coefficient (Wildman–Crippen LogP) is 2.43. The quantitative estimate of drug-likeness (QED) is 0.759. The van der Waals surface area contributed by atoms with Crippen molar-refractivity contribution >= 4 is 21.6 Å². The molecule has 84 valence electrons. The first-order valence-corrected chi connectivity index (χ1v) is 7.30. The first-order valence-electron chi connectivity index (χ1n) is 4.92. The molecule has 14 heavy (non-hydrogen) atoms. The highest BCUT2D eigenvalue weighted by molar-refractivity contribution is 8.77. The van der Waals surface area contributed by atoms with Gasteiger partial charge in [0.2, 0.25) is 0 Å². The van der Waals surface area contributed by atoms with Crippen LogP contribution in [0.4, 0.5) is 0 Å². The Labute approximate surface area is 94.1 Å². The Hall–Kier alpha value is 0.580. The zero-order valence-corrected chi connectivity index (χ0v) is 10.8. The normalized spacial score (nSPS) is 28.7. The van der Waals surface area contributed by atoms with E-state index in [4.69, 9.17) is 9.47 Å². The van der Waals surface area contributed by atoms with Crippen LogP contribution in [0.1, 0.15) is 27.7 Å². The van der Waals surface area contributed by atoms with E-state index in [2.05, 4.69) is 5.32 Å². The van der Waals surface area contributed by atoms with E-state index in [9.17, 15) is 0 Å². The minimum atomic E-state index is 0.0173. The Balaban J connectivity index is 2.41. The van der Waals surface area contributed by atoms with E-state index in [1.54, 1.807) is 21.6 Å². The van der Waals surface area contributed by atoms with E-state index >= 15 is 0 Å². The monoisotopic (exact) mass is 237 g/mol. The molecule has 0 bridgehead atoms. The van der Waals surface area contributed by atoms with E-state index in [0.717, 1.165) is 5.88 Å². The summed E-state index contributed by atoms with van der Waals surface area (Å²) in [5.74, 6) is 0.917. The van der Waals surface area contributed by atoms with Crippen LogP contribution in [0.2, 0.25) is 0 Å². The molecule has 3 nitrogen and oxygen atoms in total. The van der Waals surface area contributed by atoms with Gasteiger partial charge < -0.3 is 9.47 Å². The molecule has 1 fully saturated rings. The highest BCUT2D eigenvalue weighted by Gasteiger charge is 2.28. The molecule has 1 aliphatic rings. The average molecular weight is 237 g/mol. The summed E-state index contributed by atoms with van der Waals surface area (Å²) >= 11 is 0. The third-order valence-corrected chi connectivity index (χ3v) is 3.88. The highest BCUT2D eigenvalue weighted by Crippen LogP contribution is 2.34. The van der Waals surface area contributed by atoms with Crippen molar-refractivity contribution in [1.82, 2.24) is 5.32 Å². The second-order valence-corrected chi connectivity index (χ2v) is 6.19. The zero-order chi connectivity index (χ0) is 10.6. The fraction of sp³-hybridized carbons (Fsp3) is 1.00. The van der Waals surface area contributed by atoms with Crippen LogP contribution in [0.5, 0.6) is 0 Å². The molecule has 1 saturated heterocycles. The number of rotatable bonds is 4. The Morgan fingerprint density at radius 2 is 1.79 bits per heavy atom. The van der Waals surface area contributed by atoms with Gasteiger partial charge in [0, 0.05) is 0 Å². The molecule has 0 saturated carbocycles. The molecule has 1 heterocycles. The molecular weight excluding hydrogens is 218 g/mol. The van der Waals surface area contributed by atoms with E-state index in [1.165, 1.54) is 0 Å². The lowest BCUT2D eigenvalue weighted by Crippen LogP contribution is -2.46. The first-order chi connectivity index (χ1) is 6.59. The molecular formula is C9H19NO2S2. The summed E-state index contributed by atoms with van der Waals surface area (Å²) in [7, 11) is 3.52. The Morgan fingerprint density at radius 1 is 1.14 bits per heavy atom. The number of nitrogens with one attached hydrogen (secondary N) is 1. The number of ether oxygens (including phenoxy) is 2. The average Bonchev–Trinajstić information content (AvgIpc) is 2.06. The van der Waals surface area contributed by atoms with E-state index in [1.807, 2.05) is 27.7 Å². The van der Waals surface area contributed by atoms with Crippen LogP contribution >= 0.6 is 21.6 Å². The SMILES string of the molecule is CC(C)OC1NCSSC1OC(C)C. The fourth-order valence-corrected chi connectivity index (χ4v) is 3.34. The lowest BCUT2D eigenvalue weighted by atomic mass is 10.4. The Bertz CT molecular complexity index is 149. The summed E-state index contributed by atoms with van der Waals surface area (Å²) in [4.78, 5) is 0. The molecule has 0 aliphatic carbocycles. The molecule has 2 atom stereocenters. The van der Waals surface area contributed by atoms with Gasteiger partial charge in [-0.3, -0.25) is 5.32 Å². The van der Waals surface area contributed by atoms with Crippen LogP contribution < -0.4 is 5.32 Å². The molecule has 0 aromatic heterocycles. The summed E-state index contributed by atoms with van der Waals surface area (Å²) in [6.07, 6.45) is 0.490. The maximum absolute atomic E-state index is 5.76. The van der Waals surface area contributed by atoms with Crippen molar-refractivity contribution in [3.63, 3.8) is 0 Å². The molecule has 1 rings (SSSR count). The summed E-state index contributed by atoms with van der Waals surface area (Å²) in [5.41, 5.74) is 0.0937. The fourth-order valence-electron chi connectivity index (χ4n) is 1.13. The lowest BCUT2D eigenvalue weighted by Gasteiger charge is -2.33. The molecule has 0 spiro atoms. The second-order valence-electron chi connectivity index (χ2n) is 3.72. The van der Waals surface area contributed by atoms with Crippen LogP contribution in [0.25, 0.3) is 0 Å². The Morgan fingerprint density at radius 3 is 2.36 bits per heavy atom. The second kappa shape index (κ2) is 6.23. The van der Waals surface area contributed by atoms with Gasteiger partial charge in [0.1, 0.15) is 6.23 Å². The van der Waals surface area contributed by atoms with Crippen molar-refractivity contribution in [3.8, 4) is 0 Å². The van der Waals surface area contributed by atoms with Crippen molar-refractivity contribution in [3.05, 3.63) is 0 Å². The topological polar surface area (TPSA) is 30.5 Å². The summed E-state index contributed by atoms with van der Waals surface area (Å²) < 4.78 is 11.5. The van der Waals surface area contributed by atoms with E-state index in [0.29, 0.717) is 0 Å². The maximum atomic E-state index is 5.76. The first kappa shape index (κ1) is 12.6. The van der Waals surface area contributed by atoms with Crippen LogP contribution in [-0.4, -0.2) is 29.7 Å². The van der Waals surface area contributed by atoms with Crippen molar-refractivity contribution in [2.75, 3.05) is 5.88 Å². The zero-order valence-electron chi connectivity index (χ0n) is 9.15. The molecule has 2 unspecified atom stereocenters. The van der Waals surface area contributed by atoms with Gasteiger partial charge in [0.15, 0.2) is 5.44 Å². The molecule has 0 aromatic rings. The van der Waals surface area contributed by atoms with Gasteiger partial charge in [-0.1, -0.05) is 21.6 Å². The molecule has 0 amide bonds.